The Hall–Kier alpha value is -1.91. The molecule has 0 amide bonds. The van der Waals surface area contributed by atoms with Crippen LogP contribution in [0.3, 0.4) is 0 Å². The molecule has 1 atom stereocenters. The molecule has 0 spiro atoms. The van der Waals surface area contributed by atoms with Gasteiger partial charge >= 0.3 is 5.97 Å². The van der Waals surface area contributed by atoms with E-state index in [1.54, 1.807) is 0 Å². The lowest BCUT2D eigenvalue weighted by molar-refractivity contribution is -0.143. The summed E-state index contributed by atoms with van der Waals surface area (Å²) in [6.07, 6.45) is -0.345. The van der Waals surface area contributed by atoms with Crippen molar-refractivity contribution in [1.82, 2.24) is 0 Å². The van der Waals surface area contributed by atoms with E-state index in [9.17, 15) is 14.0 Å². The van der Waals surface area contributed by atoms with Crippen molar-refractivity contribution in [3.8, 4) is 5.75 Å². The number of hydrogen-bond acceptors (Lipinski definition) is 4. The van der Waals surface area contributed by atoms with Gasteiger partial charge in [-0.2, -0.15) is 0 Å². The minimum Gasteiger partial charge on any atom is -0.478 e. The Bertz CT molecular complexity index is 470. The third-order valence-corrected chi connectivity index (χ3v) is 2.48. The van der Waals surface area contributed by atoms with Crippen LogP contribution in [0.1, 0.15) is 23.7 Å². The molecule has 0 saturated carbocycles. The van der Waals surface area contributed by atoms with Crippen LogP contribution in [0.5, 0.6) is 5.75 Å². The predicted molar refractivity (Wildman–Crippen MR) is 56.4 cm³/mol. The second-order valence-electron chi connectivity index (χ2n) is 3.76. The number of carbonyl (C=O) groups excluding carboxylic acids is 2. The van der Waals surface area contributed by atoms with Crippen molar-refractivity contribution in [2.75, 3.05) is 6.61 Å². The molecule has 1 aliphatic rings. The maximum Gasteiger partial charge on any atom is 0.347 e. The molecule has 1 unspecified atom stereocenters. The monoisotopic (exact) mass is 238 g/mol. The van der Waals surface area contributed by atoms with Crippen LogP contribution in [0.15, 0.2) is 18.2 Å². The van der Waals surface area contributed by atoms with Gasteiger partial charge in [0.25, 0.3) is 0 Å². The molecular formula is C12H11FO4. The van der Waals surface area contributed by atoms with E-state index in [-0.39, 0.29) is 23.7 Å². The Balaban J connectivity index is 2.27. The fourth-order valence-electron chi connectivity index (χ4n) is 1.62. The van der Waals surface area contributed by atoms with E-state index in [0.29, 0.717) is 6.42 Å². The number of esters is 1. The Morgan fingerprint density at radius 1 is 1.53 bits per heavy atom. The summed E-state index contributed by atoms with van der Waals surface area (Å²) in [4.78, 5) is 22.5. The third-order valence-electron chi connectivity index (χ3n) is 2.48. The number of carbonyl (C=O) groups is 2. The highest BCUT2D eigenvalue weighted by Crippen LogP contribution is 2.24. The van der Waals surface area contributed by atoms with Crippen LogP contribution < -0.4 is 4.74 Å². The normalized spacial score (nSPS) is 18.9. The number of benzene rings is 1. The first-order valence-electron chi connectivity index (χ1n) is 5.21. The molecule has 0 bridgehead atoms. The lowest BCUT2D eigenvalue weighted by atomic mass is 10.1. The van der Waals surface area contributed by atoms with Crippen molar-refractivity contribution < 1.29 is 23.5 Å². The Morgan fingerprint density at radius 3 is 2.88 bits per heavy atom. The van der Waals surface area contributed by atoms with E-state index in [1.165, 1.54) is 19.1 Å². The minimum absolute atomic E-state index is 0.0846. The fourth-order valence-corrected chi connectivity index (χ4v) is 1.62. The molecule has 1 heterocycles. The van der Waals surface area contributed by atoms with Crippen molar-refractivity contribution in [2.24, 2.45) is 0 Å². The minimum atomic E-state index is -0.755. The molecule has 1 fully saturated rings. The summed E-state index contributed by atoms with van der Waals surface area (Å²) in [5.41, 5.74) is 0.256. The van der Waals surface area contributed by atoms with Crippen LogP contribution in [0.2, 0.25) is 0 Å². The molecule has 1 aromatic rings. The molecule has 0 aliphatic carbocycles. The molecule has 5 heteroatoms. The molecule has 4 nitrogen and oxygen atoms in total. The Labute approximate surface area is 97.3 Å². The second kappa shape index (κ2) is 4.53. The average molecular weight is 238 g/mol. The van der Waals surface area contributed by atoms with Gasteiger partial charge in [-0.25, -0.2) is 9.18 Å². The van der Waals surface area contributed by atoms with Gasteiger partial charge in [0.15, 0.2) is 11.9 Å². The van der Waals surface area contributed by atoms with E-state index < -0.39 is 17.9 Å². The van der Waals surface area contributed by atoms with E-state index in [2.05, 4.69) is 0 Å². The number of rotatable bonds is 3. The van der Waals surface area contributed by atoms with Gasteiger partial charge in [-0.15, -0.1) is 0 Å². The highest BCUT2D eigenvalue weighted by molar-refractivity contribution is 5.96. The van der Waals surface area contributed by atoms with E-state index >= 15 is 0 Å². The molecular weight excluding hydrogens is 227 g/mol. The van der Waals surface area contributed by atoms with Crippen LogP contribution in [0.4, 0.5) is 4.39 Å². The molecule has 1 saturated heterocycles. The van der Waals surface area contributed by atoms with Gasteiger partial charge in [0, 0.05) is 12.5 Å². The topological polar surface area (TPSA) is 52.6 Å². The molecule has 90 valence electrons. The summed E-state index contributed by atoms with van der Waals surface area (Å²) in [6, 6.07) is 3.62. The van der Waals surface area contributed by atoms with Gasteiger partial charge in [0.05, 0.1) is 12.2 Å². The van der Waals surface area contributed by atoms with Gasteiger partial charge in [-0.05, 0) is 19.1 Å². The van der Waals surface area contributed by atoms with Crippen molar-refractivity contribution in [1.29, 1.82) is 0 Å². The molecule has 1 aromatic carbocycles. The summed E-state index contributed by atoms with van der Waals surface area (Å²) < 4.78 is 23.1. The third kappa shape index (κ3) is 2.43. The molecule has 1 aliphatic heterocycles. The second-order valence-corrected chi connectivity index (χ2v) is 3.76. The average Bonchev–Trinajstić information content (AvgIpc) is 2.64. The maximum absolute atomic E-state index is 13.1. The molecule has 0 N–H and O–H groups in total. The summed E-state index contributed by atoms with van der Waals surface area (Å²) in [5, 5.41) is 0. The van der Waals surface area contributed by atoms with Crippen LogP contribution in [0, 0.1) is 5.82 Å². The number of hydrogen-bond donors (Lipinski definition) is 0. The molecule has 2 rings (SSSR count). The number of cyclic esters (lactones) is 1. The van der Waals surface area contributed by atoms with Crippen LogP contribution in [0.25, 0.3) is 0 Å². The summed E-state index contributed by atoms with van der Waals surface area (Å²) in [6.45, 7) is 1.64. The first kappa shape index (κ1) is 11.6. The van der Waals surface area contributed by atoms with Gasteiger partial charge in [0.1, 0.15) is 11.6 Å². The molecule has 0 aromatic heterocycles. The smallest absolute Gasteiger partial charge is 0.347 e. The number of ketones is 1. The van der Waals surface area contributed by atoms with Crippen molar-refractivity contribution in [2.45, 2.75) is 19.4 Å². The predicted octanol–water partition coefficient (Wildman–Crippen LogP) is 1.72. The lowest BCUT2D eigenvalue weighted by Crippen LogP contribution is -2.22. The Kier molecular flexibility index (Phi) is 3.08. The Morgan fingerprint density at radius 2 is 2.29 bits per heavy atom. The summed E-state index contributed by atoms with van der Waals surface area (Å²) >= 11 is 0. The highest BCUT2D eigenvalue weighted by atomic mass is 19.1. The number of ether oxygens (including phenoxy) is 2. The van der Waals surface area contributed by atoms with Crippen molar-refractivity contribution in [3.05, 3.63) is 29.6 Å². The standard InChI is InChI=1S/C12H11FO4/c1-7(14)9-3-2-8(13)6-11(9)17-10-4-5-16-12(10)15/h2-3,6,10H,4-5H2,1H3. The van der Waals surface area contributed by atoms with E-state index in [1.807, 2.05) is 0 Å². The zero-order chi connectivity index (χ0) is 12.4. The summed E-state index contributed by atoms with van der Waals surface area (Å²) in [5.74, 6) is -1.16. The zero-order valence-corrected chi connectivity index (χ0v) is 9.23. The molecule has 17 heavy (non-hydrogen) atoms. The first-order valence-corrected chi connectivity index (χ1v) is 5.21. The first-order chi connectivity index (χ1) is 8.08. The van der Waals surface area contributed by atoms with Gasteiger partial charge in [-0.1, -0.05) is 0 Å². The van der Waals surface area contributed by atoms with Crippen molar-refractivity contribution in [3.63, 3.8) is 0 Å². The van der Waals surface area contributed by atoms with Gasteiger partial charge in [0.2, 0.25) is 0 Å². The van der Waals surface area contributed by atoms with Gasteiger partial charge < -0.3 is 9.47 Å². The SMILES string of the molecule is CC(=O)c1ccc(F)cc1OC1CCOC1=O. The van der Waals surface area contributed by atoms with E-state index in [4.69, 9.17) is 9.47 Å². The van der Waals surface area contributed by atoms with Crippen molar-refractivity contribution >= 4 is 11.8 Å². The van der Waals surface area contributed by atoms with Crippen LogP contribution in [-0.2, 0) is 9.53 Å². The van der Waals surface area contributed by atoms with Gasteiger partial charge in [-0.3, -0.25) is 4.79 Å². The van der Waals surface area contributed by atoms with Crippen LogP contribution >= 0.6 is 0 Å². The lowest BCUT2D eigenvalue weighted by Gasteiger charge is -2.12. The maximum atomic E-state index is 13.1. The fraction of sp³-hybridized carbons (Fsp3) is 0.333. The van der Waals surface area contributed by atoms with E-state index in [0.717, 1.165) is 6.07 Å². The van der Waals surface area contributed by atoms with Crippen LogP contribution in [-0.4, -0.2) is 24.5 Å². The zero-order valence-electron chi connectivity index (χ0n) is 9.23. The molecule has 0 radical (unpaired) electrons. The number of halogens is 1. The summed E-state index contributed by atoms with van der Waals surface area (Å²) in [7, 11) is 0. The number of Topliss-reactive ketones (excluding diaryl/α,β-unsaturated/α-hetero) is 1. The quantitative estimate of drug-likeness (QED) is 0.594. The highest BCUT2D eigenvalue weighted by Gasteiger charge is 2.29. The largest absolute Gasteiger partial charge is 0.478 e.